The molecule has 1 aromatic carbocycles. The largest absolute Gasteiger partial charge is 0.299 e. The van der Waals surface area contributed by atoms with Gasteiger partial charge in [-0.25, -0.2) is 0 Å². The Hall–Kier alpha value is -1.46. The number of nitro benzene ring substituents is 1. The fraction of sp³-hybridized carbons (Fsp3) is 0.462. The summed E-state index contributed by atoms with van der Waals surface area (Å²) < 4.78 is 0. The predicted molar refractivity (Wildman–Crippen MR) is 72.2 cm³/mol. The van der Waals surface area contributed by atoms with Crippen LogP contribution in [0.1, 0.15) is 18.9 Å². The van der Waals surface area contributed by atoms with E-state index in [4.69, 9.17) is 11.6 Å². The molecule has 0 spiro atoms. The van der Waals surface area contributed by atoms with E-state index < -0.39 is 4.92 Å². The number of piperidine rings is 1. The highest BCUT2D eigenvalue weighted by atomic mass is 35.5. The summed E-state index contributed by atoms with van der Waals surface area (Å²) in [6.45, 7) is 3.63. The minimum Gasteiger partial charge on any atom is -0.299 e. The van der Waals surface area contributed by atoms with Gasteiger partial charge in [0.1, 0.15) is 5.78 Å². The van der Waals surface area contributed by atoms with Crippen molar-refractivity contribution in [2.24, 2.45) is 5.92 Å². The van der Waals surface area contributed by atoms with Crippen LogP contribution in [0, 0.1) is 16.0 Å². The van der Waals surface area contributed by atoms with Crippen LogP contribution in [-0.2, 0) is 11.3 Å². The molecule has 19 heavy (non-hydrogen) atoms. The second-order valence-electron chi connectivity index (χ2n) is 4.88. The van der Waals surface area contributed by atoms with Crippen LogP contribution < -0.4 is 0 Å². The molecule has 6 heteroatoms. The van der Waals surface area contributed by atoms with E-state index in [9.17, 15) is 14.9 Å². The number of benzene rings is 1. The highest BCUT2D eigenvalue weighted by Gasteiger charge is 2.25. The van der Waals surface area contributed by atoms with E-state index in [1.54, 1.807) is 6.07 Å². The van der Waals surface area contributed by atoms with Crippen molar-refractivity contribution in [3.05, 3.63) is 38.9 Å². The summed E-state index contributed by atoms with van der Waals surface area (Å²) in [7, 11) is 0. The van der Waals surface area contributed by atoms with Gasteiger partial charge in [0.15, 0.2) is 0 Å². The lowest BCUT2D eigenvalue weighted by Crippen LogP contribution is -2.39. The second kappa shape index (κ2) is 5.67. The number of Topliss-reactive ketones (excluding diaryl/α,β-unsaturated/α-hetero) is 1. The topological polar surface area (TPSA) is 63.4 Å². The maximum Gasteiger partial charge on any atom is 0.273 e. The Kier molecular flexibility index (Phi) is 4.17. The molecule has 1 fully saturated rings. The highest BCUT2D eigenvalue weighted by Crippen LogP contribution is 2.25. The zero-order valence-corrected chi connectivity index (χ0v) is 11.4. The molecule has 0 radical (unpaired) electrons. The van der Waals surface area contributed by atoms with Gasteiger partial charge in [-0.15, -0.1) is 0 Å². The third-order valence-corrected chi connectivity index (χ3v) is 3.62. The number of halogens is 1. The lowest BCUT2D eigenvalue weighted by Gasteiger charge is -2.29. The summed E-state index contributed by atoms with van der Waals surface area (Å²) in [5, 5.41) is 11.5. The number of nitrogens with zero attached hydrogens (tertiary/aromatic N) is 2. The minimum atomic E-state index is -0.399. The van der Waals surface area contributed by atoms with Crippen molar-refractivity contribution in [3.63, 3.8) is 0 Å². The Morgan fingerprint density at radius 3 is 2.89 bits per heavy atom. The Morgan fingerprint density at radius 2 is 2.26 bits per heavy atom. The zero-order valence-electron chi connectivity index (χ0n) is 10.6. The van der Waals surface area contributed by atoms with E-state index in [1.165, 1.54) is 12.1 Å². The quantitative estimate of drug-likeness (QED) is 0.631. The molecule has 1 unspecified atom stereocenters. The van der Waals surface area contributed by atoms with E-state index in [1.807, 2.05) is 6.92 Å². The van der Waals surface area contributed by atoms with Gasteiger partial charge in [-0.3, -0.25) is 19.8 Å². The van der Waals surface area contributed by atoms with Gasteiger partial charge in [0, 0.05) is 48.6 Å². The molecular formula is C13H15ClN2O3. The molecule has 0 aromatic heterocycles. The van der Waals surface area contributed by atoms with Crippen molar-refractivity contribution in [3.8, 4) is 0 Å². The van der Waals surface area contributed by atoms with E-state index in [2.05, 4.69) is 4.90 Å². The van der Waals surface area contributed by atoms with Gasteiger partial charge >= 0.3 is 0 Å². The zero-order chi connectivity index (χ0) is 14.0. The smallest absolute Gasteiger partial charge is 0.273 e. The summed E-state index contributed by atoms with van der Waals surface area (Å²) in [5.41, 5.74) is 0.674. The fourth-order valence-electron chi connectivity index (χ4n) is 2.34. The number of ketones is 1. The van der Waals surface area contributed by atoms with Crippen molar-refractivity contribution in [1.82, 2.24) is 4.90 Å². The van der Waals surface area contributed by atoms with Crippen LogP contribution in [0.4, 0.5) is 5.69 Å². The number of carbonyl (C=O) groups excluding carboxylic acids is 1. The van der Waals surface area contributed by atoms with Crippen LogP contribution in [0.5, 0.6) is 0 Å². The number of hydrogen-bond acceptors (Lipinski definition) is 4. The summed E-state index contributed by atoms with van der Waals surface area (Å²) in [4.78, 5) is 24.1. The Morgan fingerprint density at radius 1 is 1.53 bits per heavy atom. The number of rotatable bonds is 3. The lowest BCUT2D eigenvalue weighted by atomic mass is 9.98. The molecule has 0 saturated carbocycles. The van der Waals surface area contributed by atoms with E-state index in [0.717, 1.165) is 0 Å². The second-order valence-corrected chi connectivity index (χ2v) is 5.32. The first-order valence-corrected chi connectivity index (χ1v) is 6.53. The molecule has 1 aromatic rings. The number of likely N-dealkylation sites (tertiary alicyclic amines) is 1. The van der Waals surface area contributed by atoms with Crippen molar-refractivity contribution < 1.29 is 9.72 Å². The molecule has 0 amide bonds. The molecule has 1 saturated heterocycles. The van der Waals surface area contributed by atoms with Crippen LogP contribution in [0.2, 0.25) is 5.02 Å². The van der Waals surface area contributed by atoms with Gasteiger partial charge in [-0.05, 0) is 12.1 Å². The molecule has 5 nitrogen and oxygen atoms in total. The lowest BCUT2D eigenvalue weighted by molar-refractivity contribution is -0.385. The van der Waals surface area contributed by atoms with E-state index in [-0.39, 0.29) is 17.4 Å². The van der Waals surface area contributed by atoms with Gasteiger partial charge in [-0.2, -0.15) is 0 Å². The van der Waals surface area contributed by atoms with Gasteiger partial charge in [0.2, 0.25) is 0 Å². The van der Waals surface area contributed by atoms with Crippen molar-refractivity contribution >= 4 is 23.1 Å². The fourth-order valence-corrected chi connectivity index (χ4v) is 2.53. The van der Waals surface area contributed by atoms with Crippen LogP contribution >= 0.6 is 11.6 Å². The molecular weight excluding hydrogens is 268 g/mol. The predicted octanol–water partition coefficient (Wildman–Crippen LogP) is 2.66. The van der Waals surface area contributed by atoms with Crippen molar-refractivity contribution in [2.75, 3.05) is 13.1 Å². The Bertz CT molecular complexity index is 519. The molecule has 102 valence electrons. The molecule has 2 rings (SSSR count). The molecule has 1 aliphatic heterocycles. The molecule has 1 heterocycles. The van der Waals surface area contributed by atoms with E-state index >= 15 is 0 Å². The van der Waals surface area contributed by atoms with Crippen LogP contribution in [0.25, 0.3) is 0 Å². The molecule has 0 bridgehead atoms. The highest BCUT2D eigenvalue weighted by molar-refractivity contribution is 6.30. The van der Waals surface area contributed by atoms with Crippen molar-refractivity contribution in [1.29, 1.82) is 0 Å². The van der Waals surface area contributed by atoms with Gasteiger partial charge in [0.05, 0.1) is 4.92 Å². The first kappa shape index (κ1) is 14.0. The van der Waals surface area contributed by atoms with Crippen LogP contribution in [0.15, 0.2) is 18.2 Å². The maximum atomic E-state index is 11.5. The molecule has 1 aliphatic rings. The summed E-state index contributed by atoms with van der Waals surface area (Å²) in [6.07, 6.45) is 0.509. The summed E-state index contributed by atoms with van der Waals surface area (Å²) >= 11 is 5.90. The number of hydrogen-bond donors (Lipinski definition) is 0. The van der Waals surface area contributed by atoms with Gasteiger partial charge in [-0.1, -0.05) is 18.5 Å². The van der Waals surface area contributed by atoms with Gasteiger partial charge < -0.3 is 0 Å². The molecule has 0 aliphatic carbocycles. The van der Waals surface area contributed by atoms with Crippen molar-refractivity contribution in [2.45, 2.75) is 19.9 Å². The standard InChI is InChI=1S/C13H15ClN2O3/c1-9-7-15(5-4-13(9)17)8-10-6-11(14)2-3-12(10)16(18)19/h2-3,6,9H,4-5,7-8H2,1H3. The first-order valence-electron chi connectivity index (χ1n) is 6.15. The van der Waals surface area contributed by atoms with Crippen LogP contribution in [0.3, 0.4) is 0 Å². The average Bonchev–Trinajstić information content (AvgIpc) is 2.33. The molecule has 1 atom stereocenters. The molecule has 0 N–H and O–H groups in total. The summed E-state index contributed by atoms with van der Waals surface area (Å²) in [5.74, 6) is 0.254. The Labute approximate surface area is 116 Å². The Balaban J connectivity index is 2.16. The number of carbonyl (C=O) groups is 1. The summed E-state index contributed by atoms with van der Waals surface area (Å²) in [6, 6.07) is 4.57. The SMILES string of the molecule is CC1CN(Cc2cc(Cl)ccc2[N+](=O)[O-])CCC1=O. The monoisotopic (exact) mass is 282 g/mol. The third kappa shape index (κ3) is 3.30. The van der Waals surface area contributed by atoms with Crippen LogP contribution in [-0.4, -0.2) is 28.7 Å². The first-order chi connectivity index (χ1) is 8.97. The van der Waals surface area contributed by atoms with E-state index in [0.29, 0.717) is 36.6 Å². The minimum absolute atomic E-state index is 0.00742. The average molecular weight is 283 g/mol. The number of nitro groups is 1. The van der Waals surface area contributed by atoms with Gasteiger partial charge in [0.25, 0.3) is 5.69 Å². The maximum absolute atomic E-state index is 11.5. The normalized spacial score (nSPS) is 20.5. The third-order valence-electron chi connectivity index (χ3n) is 3.39.